The van der Waals surface area contributed by atoms with Gasteiger partial charge in [-0.1, -0.05) is 12.1 Å². The Balaban J connectivity index is 2.13. The van der Waals surface area contributed by atoms with E-state index in [1.807, 2.05) is 0 Å². The summed E-state index contributed by atoms with van der Waals surface area (Å²) in [6.45, 7) is 0. The Labute approximate surface area is 124 Å². The molecule has 0 fully saturated rings. The summed E-state index contributed by atoms with van der Waals surface area (Å²) in [5.41, 5.74) is 5.86. The molecule has 1 unspecified atom stereocenters. The fourth-order valence-electron chi connectivity index (χ4n) is 1.80. The Bertz CT molecular complexity index is 667. The van der Waals surface area contributed by atoms with Gasteiger partial charge in [-0.15, -0.1) is 11.8 Å². The quantitative estimate of drug-likeness (QED) is 0.520. The molecule has 0 saturated carbocycles. The highest BCUT2D eigenvalue weighted by molar-refractivity contribution is 7.99. The van der Waals surface area contributed by atoms with E-state index in [-0.39, 0.29) is 17.0 Å². The number of hydrogen-bond donors (Lipinski definition) is 1. The molecule has 0 saturated heterocycles. The van der Waals surface area contributed by atoms with Crippen LogP contribution in [0.2, 0.25) is 0 Å². The van der Waals surface area contributed by atoms with Gasteiger partial charge >= 0.3 is 0 Å². The van der Waals surface area contributed by atoms with Gasteiger partial charge in [0.2, 0.25) is 0 Å². The molecule has 0 spiro atoms. The van der Waals surface area contributed by atoms with Crippen LogP contribution in [0.1, 0.15) is 11.6 Å². The zero-order valence-electron chi connectivity index (χ0n) is 10.8. The van der Waals surface area contributed by atoms with Gasteiger partial charge in [-0.3, -0.25) is 10.1 Å². The van der Waals surface area contributed by atoms with Crippen molar-refractivity contribution < 1.29 is 13.7 Å². The summed E-state index contributed by atoms with van der Waals surface area (Å²) in [5, 5.41) is 10.9. The lowest BCUT2D eigenvalue weighted by Gasteiger charge is -2.12. The molecule has 110 valence electrons. The van der Waals surface area contributed by atoms with Crippen molar-refractivity contribution >= 4 is 17.4 Å². The van der Waals surface area contributed by atoms with Crippen LogP contribution in [-0.4, -0.2) is 10.7 Å². The molecule has 0 aliphatic rings. The number of hydrogen-bond acceptors (Lipinski definition) is 4. The number of nitro benzene ring substituents is 1. The SMILES string of the molecule is NC(CSc1ccccc1[N+](=O)[O-])c1cc(F)ccc1F. The second-order valence-electron chi connectivity index (χ2n) is 4.31. The third-order valence-corrected chi connectivity index (χ3v) is 4.02. The standard InChI is InChI=1S/C14H12F2N2O2S/c15-9-5-6-11(16)10(7-9)12(17)8-21-14-4-2-1-3-13(14)18(19)20/h1-7,12H,8,17H2. The van der Waals surface area contributed by atoms with Gasteiger partial charge < -0.3 is 5.73 Å². The summed E-state index contributed by atoms with van der Waals surface area (Å²) in [7, 11) is 0. The van der Waals surface area contributed by atoms with E-state index in [2.05, 4.69) is 0 Å². The number of nitrogens with zero attached hydrogens (tertiary/aromatic N) is 1. The highest BCUT2D eigenvalue weighted by Crippen LogP contribution is 2.31. The number of para-hydroxylation sites is 1. The summed E-state index contributed by atoms with van der Waals surface area (Å²) in [6.07, 6.45) is 0. The second kappa shape index (κ2) is 6.64. The Morgan fingerprint density at radius 3 is 2.67 bits per heavy atom. The molecule has 0 heterocycles. The summed E-state index contributed by atoms with van der Waals surface area (Å²) >= 11 is 1.14. The molecular weight excluding hydrogens is 298 g/mol. The van der Waals surface area contributed by atoms with E-state index in [1.54, 1.807) is 18.2 Å². The van der Waals surface area contributed by atoms with Gasteiger partial charge in [0.25, 0.3) is 5.69 Å². The molecule has 1 atom stereocenters. The number of rotatable bonds is 5. The molecule has 0 bridgehead atoms. The van der Waals surface area contributed by atoms with E-state index in [9.17, 15) is 18.9 Å². The minimum atomic E-state index is -0.759. The van der Waals surface area contributed by atoms with E-state index in [4.69, 9.17) is 5.73 Å². The number of halogens is 2. The van der Waals surface area contributed by atoms with Crippen molar-refractivity contribution in [2.45, 2.75) is 10.9 Å². The molecule has 0 aromatic heterocycles. The van der Waals surface area contributed by atoms with Gasteiger partial charge in [0.1, 0.15) is 11.6 Å². The fourth-order valence-corrected chi connectivity index (χ4v) is 2.80. The van der Waals surface area contributed by atoms with Crippen LogP contribution in [0.15, 0.2) is 47.4 Å². The van der Waals surface area contributed by atoms with Crippen LogP contribution in [0.25, 0.3) is 0 Å². The number of benzene rings is 2. The Hall–Kier alpha value is -1.99. The maximum absolute atomic E-state index is 13.6. The maximum Gasteiger partial charge on any atom is 0.282 e. The molecule has 2 N–H and O–H groups in total. The van der Waals surface area contributed by atoms with Gasteiger partial charge in [-0.2, -0.15) is 0 Å². The first-order chi connectivity index (χ1) is 9.99. The van der Waals surface area contributed by atoms with E-state index < -0.39 is 22.6 Å². The number of thioether (sulfide) groups is 1. The molecule has 21 heavy (non-hydrogen) atoms. The van der Waals surface area contributed by atoms with Gasteiger partial charge in [0.15, 0.2) is 0 Å². The normalized spacial score (nSPS) is 12.1. The van der Waals surface area contributed by atoms with Crippen LogP contribution in [0, 0.1) is 21.7 Å². The van der Waals surface area contributed by atoms with Crippen molar-refractivity contribution in [1.29, 1.82) is 0 Å². The largest absolute Gasteiger partial charge is 0.323 e. The van der Waals surface area contributed by atoms with Crippen LogP contribution in [0.5, 0.6) is 0 Å². The van der Waals surface area contributed by atoms with Crippen molar-refractivity contribution in [3.63, 3.8) is 0 Å². The fraction of sp³-hybridized carbons (Fsp3) is 0.143. The average Bonchev–Trinajstić information content (AvgIpc) is 2.47. The Morgan fingerprint density at radius 1 is 1.24 bits per heavy atom. The lowest BCUT2D eigenvalue weighted by molar-refractivity contribution is -0.387. The zero-order valence-corrected chi connectivity index (χ0v) is 11.6. The van der Waals surface area contributed by atoms with E-state index in [0.29, 0.717) is 4.90 Å². The molecule has 0 amide bonds. The van der Waals surface area contributed by atoms with Crippen molar-refractivity contribution in [3.05, 3.63) is 69.8 Å². The monoisotopic (exact) mass is 310 g/mol. The van der Waals surface area contributed by atoms with Crippen LogP contribution >= 0.6 is 11.8 Å². The van der Waals surface area contributed by atoms with Gasteiger partial charge in [0, 0.05) is 23.4 Å². The number of nitro groups is 1. The average molecular weight is 310 g/mol. The third-order valence-electron chi connectivity index (χ3n) is 2.84. The molecule has 0 aliphatic heterocycles. The van der Waals surface area contributed by atoms with E-state index >= 15 is 0 Å². The van der Waals surface area contributed by atoms with Crippen molar-refractivity contribution in [3.8, 4) is 0 Å². The predicted octanol–water partition coefficient (Wildman–Crippen LogP) is 3.67. The summed E-state index contributed by atoms with van der Waals surface area (Å²) in [6, 6.07) is 8.53. The topological polar surface area (TPSA) is 69.2 Å². The van der Waals surface area contributed by atoms with Crippen LogP contribution in [-0.2, 0) is 0 Å². The first-order valence-electron chi connectivity index (χ1n) is 6.06. The Morgan fingerprint density at radius 2 is 1.95 bits per heavy atom. The van der Waals surface area contributed by atoms with Crippen molar-refractivity contribution in [2.75, 3.05) is 5.75 Å². The molecular formula is C14H12F2N2O2S. The lowest BCUT2D eigenvalue weighted by Crippen LogP contribution is -2.15. The second-order valence-corrected chi connectivity index (χ2v) is 5.37. The third kappa shape index (κ3) is 3.77. The van der Waals surface area contributed by atoms with Gasteiger partial charge in [0.05, 0.1) is 9.82 Å². The minimum Gasteiger partial charge on any atom is -0.323 e. The minimum absolute atomic E-state index is 0.0329. The van der Waals surface area contributed by atoms with E-state index in [1.165, 1.54) is 6.07 Å². The highest BCUT2D eigenvalue weighted by Gasteiger charge is 2.17. The first-order valence-corrected chi connectivity index (χ1v) is 7.04. The highest BCUT2D eigenvalue weighted by atomic mass is 32.2. The summed E-state index contributed by atoms with van der Waals surface area (Å²) in [5.74, 6) is -0.963. The van der Waals surface area contributed by atoms with Crippen LogP contribution < -0.4 is 5.73 Å². The van der Waals surface area contributed by atoms with Crippen LogP contribution in [0.4, 0.5) is 14.5 Å². The molecule has 2 rings (SSSR count). The zero-order chi connectivity index (χ0) is 15.4. The van der Waals surface area contributed by atoms with Gasteiger partial charge in [-0.25, -0.2) is 8.78 Å². The van der Waals surface area contributed by atoms with Crippen molar-refractivity contribution in [1.82, 2.24) is 0 Å². The molecule has 0 aliphatic carbocycles. The molecule has 0 radical (unpaired) electrons. The predicted molar refractivity (Wildman–Crippen MR) is 77.1 cm³/mol. The maximum atomic E-state index is 13.6. The van der Waals surface area contributed by atoms with Gasteiger partial charge in [-0.05, 0) is 24.3 Å². The lowest BCUT2D eigenvalue weighted by atomic mass is 10.1. The molecule has 2 aromatic rings. The molecule has 4 nitrogen and oxygen atoms in total. The summed E-state index contributed by atoms with van der Waals surface area (Å²) < 4.78 is 26.7. The molecule has 2 aromatic carbocycles. The van der Waals surface area contributed by atoms with Crippen molar-refractivity contribution in [2.24, 2.45) is 5.73 Å². The smallest absolute Gasteiger partial charge is 0.282 e. The van der Waals surface area contributed by atoms with Crippen LogP contribution in [0.3, 0.4) is 0 Å². The number of nitrogens with two attached hydrogens (primary N) is 1. The molecule has 7 heteroatoms. The summed E-state index contributed by atoms with van der Waals surface area (Å²) in [4.78, 5) is 10.8. The van der Waals surface area contributed by atoms with E-state index in [0.717, 1.165) is 30.0 Å². The first kappa shape index (κ1) is 15.4. The Kier molecular flexibility index (Phi) is 4.87.